The number of ether oxygens (including phenoxy) is 1. The van der Waals surface area contributed by atoms with Crippen LogP contribution in [0.1, 0.15) is 18.9 Å². The summed E-state index contributed by atoms with van der Waals surface area (Å²) in [6.07, 6.45) is 3.73. The standard InChI is InChI=1S/C16H19NO4/c1-11-14(16(19)20)9-10-17(11)15(18)8-5-12-3-6-13(21-2)7-4-12/h3-8,11,14H,9-10H2,1-2H3,(H,19,20). The zero-order valence-electron chi connectivity index (χ0n) is 12.2. The van der Waals surface area contributed by atoms with Gasteiger partial charge in [-0.2, -0.15) is 0 Å². The zero-order chi connectivity index (χ0) is 15.4. The molecule has 1 aromatic rings. The van der Waals surface area contributed by atoms with Gasteiger partial charge in [0.25, 0.3) is 0 Å². The molecule has 0 bridgehead atoms. The molecule has 5 nitrogen and oxygen atoms in total. The molecule has 5 heteroatoms. The van der Waals surface area contributed by atoms with Gasteiger partial charge in [-0.05, 0) is 37.1 Å². The molecule has 1 aliphatic heterocycles. The lowest BCUT2D eigenvalue weighted by Gasteiger charge is -2.21. The van der Waals surface area contributed by atoms with Gasteiger partial charge in [0.05, 0.1) is 13.0 Å². The predicted molar refractivity (Wildman–Crippen MR) is 78.9 cm³/mol. The van der Waals surface area contributed by atoms with Crippen molar-refractivity contribution in [2.45, 2.75) is 19.4 Å². The van der Waals surface area contributed by atoms with Crippen molar-refractivity contribution in [3.8, 4) is 5.75 Å². The summed E-state index contributed by atoms with van der Waals surface area (Å²) in [7, 11) is 1.60. The van der Waals surface area contributed by atoms with Crippen LogP contribution >= 0.6 is 0 Å². The van der Waals surface area contributed by atoms with Crippen LogP contribution in [0.15, 0.2) is 30.3 Å². The van der Waals surface area contributed by atoms with Gasteiger partial charge in [0.1, 0.15) is 5.75 Å². The normalized spacial score (nSPS) is 21.7. The Morgan fingerprint density at radius 2 is 2.00 bits per heavy atom. The van der Waals surface area contributed by atoms with Gasteiger partial charge in [0, 0.05) is 18.7 Å². The average molecular weight is 289 g/mol. The topological polar surface area (TPSA) is 66.8 Å². The van der Waals surface area contributed by atoms with E-state index in [0.29, 0.717) is 13.0 Å². The maximum Gasteiger partial charge on any atom is 0.308 e. The van der Waals surface area contributed by atoms with Gasteiger partial charge in [0.2, 0.25) is 5.91 Å². The highest BCUT2D eigenvalue weighted by Gasteiger charge is 2.37. The summed E-state index contributed by atoms with van der Waals surface area (Å²) in [6.45, 7) is 2.27. The number of carbonyl (C=O) groups excluding carboxylic acids is 1. The van der Waals surface area contributed by atoms with Gasteiger partial charge >= 0.3 is 5.97 Å². The number of hydrogen-bond acceptors (Lipinski definition) is 3. The molecular formula is C16H19NO4. The maximum absolute atomic E-state index is 12.1. The maximum atomic E-state index is 12.1. The van der Waals surface area contributed by atoms with E-state index in [0.717, 1.165) is 11.3 Å². The molecule has 2 unspecified atom stereocenters. The number of carboxylic acids is 1. The second kappa shape index (κ2) is 6.43. The van der Waals surface area contributed by atoms with Gasteiger partial charge in [-0.1, -0.05) is 12.1 Å². The molecule has 0 radical (unpaired) electrons. The lowest BCUT2D eigenvalue weighted by molar-refractivity contribution is -0.142. The van der Waals surface area contributed by atoms with Crippen LogP contribution in [-0.4, -0.2) is 41.6 Å². The molecule has 2 rings (SSSR count). The first-order chi connectivity index (χ1) is 10.0. The summed E-state index contributed by atoms with van der Waals surface area (Å²) in [4.78, 5) is 24.8. The summed E-state index contributed by atoms with van der Waals surface area (Å²) < 4.78 is 5.07. The third-order valence-electron chi connectivity index (χ3n) is 3.89. The number of carboxylic acid groups (broad SMARTS) is 1. The van der Waals surface area contributed by atoms with Crippen LogP contribution in [0.2, 0.25) is 0 Å². The van der Waals surface area contributed by atoms with Gasteiger partial charge in [0.15, 0.2) is 0 Å². The van der Waals surface area contributed by atoms with E-state index in [1.165, 1.54) is 6.08 Å². The Morgan fingerprint density at radius 1 is 1.33 bits per heavy atom. The fraction of sp³-hybridized carbons (Fsp3) is 0.375. The summed E-state index contributed by atoms with van der Waals surface area (Å²) >= 11 is 0. The smallest absolute Gasteiger partial charge is 0.308 e. The van der Waals surface area contributed by atoms with Crippen molar-refractivity contribution in [1.82, 2.24) is 4.90 Å². The van der Waals surface area contributed by atoms with Crippen LogP contribution in [0.4, 0.5) is 0 Å². The SMILES string of the molecule is COc1ccc(C=CC(=O)N2CCC(C(=O)O)C2C)cc1. The van der Waals surface area contributed by atoms with Crippen molar-refractivity contribution >= 4 is 18.0 Å². The highest BCUT2D eigenvalue weighted by molar-refractivity contribution is 5.92. The molecule has 0 spiro atoms. The fourth-order valence-corrected chi connectivity index (χ4v) is 2.56. The molecule has 2 atom stereocenters. The molecule has 112 valence electrons. The van der Waals surface area contributed by atoms with Crippen molar-refractivity contribution in [1.29, 1.82) is 0 Å². The Kier molecular flexibility index (Phi) is 4.62. The van der Waals surface area contributed by atoms with Crippen LogP contribution in [0, 0.1) is 5.92 Å². The molecule has 1 aromatic carbocycles. The largest absolute Gasteiger partial charge is 0.497 e. The van der Waals surface area contributed by atoms with Crippen molar-refractivity contribution in [2.75, 3.05) is 13.7 Å². The zero-order valence-corrected chi connectivity index (χ0v) is 12.2. The molecule has 1 heterocycles. The Morgan fingerprint density at radius 3 is 2.52 bits per heavy atom. The summed E-state index contributed by atoms with van der Waals surface area (Å²) in [5.74, 6) is -0.696. The number of rotatable bonds is 4. The molecule has 1 saturated heterocycles. The van der Waals surface area contributed by atoms with Crippen molar-refractivity contribution < 1.29 is 19.4 Å². The van der Waals surface area contributed by atoms with Crippen LogP contribution in [-0.2, 0) is 9.59 Å². The summed E-state index contributed by atoms with van der Waals surface area (Å²) in [5, 5.41) is 9.07. The van der Waals surface area contributed by atoms with E-state index in [2.05, 4.69) is 0 Å². The van der Waals surface area contributed by atoms with Crippen LogP contribution < -0.4 is 4.74 Å². The van der Waals surface area contributed by atoms with Gasteiger partial charge in [-0.15, -0.1) is 0 Å². The molecule has 0 saturated carbocycles. The lowest BCUT2D eigenvalue weighted by Crippen LogP contribution is -2.36. The van der Waals surface area contributed by atoms with Gasteiger partial charge in [-0.3, -0.25) is 9.59 Å². The van der Waals surface area contributed by atoms with Crippen LogP contribution in [0.25, 0.3) is 6.08 Å². The molecular weight excluding hydrogens is 270 g/mol. The van der Waals surface area contributed by atoms with E-state index in [1.807, 2.05) is 24.3 Å². The van der Waals surface area contributed by atoms with E-state index in [1.54, 1.807) is 25.0 Å². The van der Waals surface area contributed by atoms with Crippen molar-refractivity contribution in [3.63, 3.8) is 0 Å². The molecule has 1 amide bonds. The molecule has 0 aliphatic carbocycles. The molecule has 1 fully saturated rings. The second-order valence-electron chi connectivity index (χ2n) is 5.11. The number of nitrogens with zero attached hydrogens (tertiary/aromatic N) is 1. The van der Waals surface area contributed by atoms with Gasteiger partial charge < -0.3 is 14.7 Å². The van der Waals surface area contributed by atoms with Crippen LogP contribution in [0.3, 0.4) is 0 Å². The number of methoxy groups -OCH3 is 1. The average Bonchev–Trinajstić information content (AvgIpc) is 2.87. The number of amides is 1. The first-order valence-electron chi connectivity index (χ1n) is 6.88. The Labute approximate surface area is 123 Å². The Balaban J connectivity index is 2.00. The summed E-state index contributed by atoms with van der Waals surface area (Å²) in [6, 6.07) is 7.09. The quantitative estimate of drug-likeness (QED) is 0.861. The highest BCUT2D eigenvalue weighted by atomic mass is 16.5. The third kappa shape index (κ3) is 3.42. The number of hydrogen-bond donors (Lipinski definition) is 1. The lowest BCUT2D eigenvalue weighted by atomic mass is 10.0. The summed E-state index contributed by atoms with van der Waals surface area (Å²) in [5.41, 5.74) is 0.894. The highest BCUT2D eigenvalue weighted by Crippen LogP contribution is 2.24. The Bertz CT molecular complexity index is 550. The number of likely N-dealkylation sites (tertiary alicyclic amines) is 1. The third-order valence-corrected chi connectivity index (χ3v) is 3.89. The monoisotopic (exact) mass is 289 g/mol. The number of carbonyl (C=O) groups is 2. The molecule has 21 heavy (non-hydrogen) atoms. The minimum Gasteiger partial charge on any atom is -0.497 e. The van der Waals surface area contributed by atoms with Crippen molar-refractivity contribution in [3.05, 3.63) is 35.9 Å². The van der Waals surface area contributed by atoms with Crippen molar-refractivity contribution in [2.24, 2.45) is 5.92 Å². The molecule has 1 aliphatic rings. The minimum atomic E-state index is -0.836. The molecule has 1 N–H and O–H groups in total. The number of benzene rings is 1. The fourth-order valence-electron chi connectivity index (χ4n) is 2.56. The minimum absolute atomic E-state index is 0.151. The second-order valence-corrected chi connectivity index (χ2v) is 5.11. The van der Waals surface area contributed by atoms with E-state index in [9.17, 15) is 9.59 Å². The van der Waals surface area contributed by atoms with Crippen LogP contribution in [0.5, 0.6) is 5.75 Å². The van der Waals surface area contributed by atoms with E-state index in [4.69, 9.17) is 9.84 Å². The Hall–Kier alpha value is -2.30. The van der Waals surface area contributed by atoms with E-state index < -0.39 is 11.9 Å². The van der Waals surface area contributed by atoms with E-state index in [-0.39, 0.29) is 11.9 Å². The predicted octanol–water partition coefficient (Wildman–Crippen LogP) is 2.03. The first kappa shape index (κ1) is 15.1. The van der Waals surface area contributed by atoms with E-state index >= 15 is 0 Å². The molecule has 0 aromatic heterocycles. The first-order valence-corrected chi connectivity index (χ1v) is 6.88. The number of aliphatic carboxylic acids is 1. The van der Waals surface area contributed by atoms with Gasteiger partial charge in [-0.25, -0.2) is 0 Å².